The summed E-state index contributed by atoms with van der Waals surface area (Å²) >= 11 is 0. The minimum Gasteiger partial charge on any atom is -0.449 e. The highest BCUT2D eigenvalue weighted by atomic mass is 19.4. The predicted octanol–water partition coefficient (Wildman–Crippen LogP) is 6.78. The van der Waals surface area contributed by atoms with Gasteiger partial charge >= 0.3 is 12.1 Å². The summed E-state index contributed by atoms with van der Waals surface area (Å²) in [5.74, 6) is -4.79. The van der Waals surface area contributed by atoms with E-state index in [2.05, 4.69) is 0 Å². The van der Waals surface area contributed by atoms with Gasteiger partial charge in [-0.15, -0.1) is 0 Å². The molecule has 8 nitrogen and oxygen atoms in total. The van der Waals surface area contributed by atoms with E-state index in [0.29, 0.717) is 12.8 Å². The Kier molecular flexibility index (Phi) is 7.36. The number of carbonyl (C=O) groups is 3. The fraction of sp³-hybridized carbons (Fsp3) is 0.226. The molecule has 0 saturated heterocycles. The number of amides is 2. The van der Waals surface area contributed by atoms with Gasteiger partial charge in [0.2, 0.25) is 11.2 Å². The minimum atomic E-state index is -5.07. The van der Waals surface area contributed by atoms with E-state index in [9.17, 15) is 32.3 Å². The van der Waals surface area contributed by atoms with E-state index in [1.165, 1.54) is 36.4 Å². The maximum absolute atomic E-state index is 13.9. The summed E-state index contributed by atoms with van der Waals surface area (Å²) in [4.78, 5) is 52.6. The molecular formula is C31H24F3NO7. The number of nitrogens with zero attached hydrogens (tertiary/aromatic N) is 1. The Labute approximate surface area is 237 Å². The standard InChI is InChI=1S/C31H24F3NO7/c1-4-16(3)35-28(37)21-12-8-18(14-23(21)29(35)38)30(39)41-20-11-13-22-24(15-20)42-27(31(32,33)34)26(25(22)36)40-19-9-6-17(5-2)7-10-19/h6-16H,4-5H2,1-3H3. The molecule has 1 aromatic heterocycles. The first-order valence-corrected chi connectivity index (χ1v) is 13.1. The molecule has 2 amide bonds. The molecule has 2 heterocycles. The zero-order valence-electron chi connectivity index (χ0n) is 22.7. The fourth-order valence-electron chi connectivity index (χ4n) is 4.55. The van der Waals surface area contributed by atoms with Crippen molar-refractivity contribution in [2.45, 2.75) is 45.8 Å². The van der Waals surface area contributed by atoms with Gasteiger partial charge in [0, 0.05) is 12.1 Å². The molecule has 216 valence electrons. The van der Waals surface area contributed by atoms with Gasteiger partial charge in [0.1, 0.15) is 17.1 Å². The Balaban J connectivity index is 1.45. The number of imide groups is 1. The summed E-state index contributed by atoms with van der Waals surface area (Å²) < 4.78 is 57.5. The third kappa shape index (κ3) is 5.13. The first-order valence-electron chi connectivity index (χ1n) is 13.1. The molecule has 1 unspecified atom stereocenters. The first-order chi connectivity index (χ1) is 19.9. The van der Waals surface area contributed by atoms with Crippen LogP contribution in [0.5, 0.6) is 17.2 Å². The van der Waals surface area contributed by atoms with Gasteiger partial charge in [0.15, 0.2) is 0 Å². The molecule has 0 spiro atoms. The third-order valence-electron chi connectivity index (χ3n) is 7.03. The van der Waals surface area contributed by atoms with Crippen molar-refractivity contribution in [2.24, 2.45) is 0 Å². The number of hydrogen-bond donors (Lipinski definition) is 0. The van der Waals surface area contributed by atoms with Crippen LogP contribution in [0.25, 0.3) is 11.0 Å². The van der Waals surface area contributed by atoms with Crippen molar-refractivity contribution in [3.8, 4) is 17.2 Å². The van der Waals surface area contributed by atoms with Gasteiger partial charge in [-0.25, -0.2) is 4.79 Å². The van der Waals surface area contributed by atoms with Crippen LogP contribution in [-0.4, -0.2) is 28.7 Å². The monoisotopic (exact) mass is 579 g/mol. The second kappa shape index (κ2) is 10.8. The van der Waals surface area contributed by atoms with Gasteiger partial charge in [-0.05, 0) is 67.8 Å². The fourth-order valence-corrected chi connectivity index (χ4v) is 4.55. The SMILES string of the molecule is CCc1ccc(Oc2c(C(F)(F)F)oc3cc(OC(=O)c4ccc5c(c4)C(=O)N(C(C)CC)C5=O)ccc3c2=O)cc1. The molecule has 3 aromatic carbocycles. The Morgan fingerprint density at radius 1 is 0.905 bits per heavy atom. The quantitative estimate of drug-likeness (QED) is 0.135. The van der Waals surface area contributed by atoms with Crippen LogP contribution >= 0.6 is 0 Å². The van der Waals surface area contributed by atoms with Crippen LogP contribution in [0.2, 0.25) is 0 Å². The second-order valence-electron chi connectivity index (χ2n) is 9.73. The molecule has 4 aromatic rings. The molecule has 0 aliphatic carbocycles. The Hall–Kier alpha value is -4.93. The van der Waals surface area contributed by atoms with Gasteiger partial charge in [-0.1, -0.05) is 26.0 Å². The summed E-state index contributed by atoms with van der Waals surface area (Å²) in [5.41, 5.74) is -0.469. The lowest BCUT2D eigenvalue weighted by Crippen LogP contribution is -2.37. The number of benzene rings is 3. The molecule has 1 aliphatic rings. The summed E-state index contributed by atoms with van der Waals surface area (Å²) in [6.45, 7) is 5.48. The second-order valence-corrected chi connectivity index (χ2v) is 9.73. The topological polar surface area (TPSA) is 103 Å². The van der Waals surface area contributed by atoms with Crippen molar-refractivity contribution >= 4 is 28.8 Å². The average molecular weight is 580 g/mol. The number of hydrogen-bond acceptors (Lipinski definition) is 7. The Bertz CT molecular complexity index is 1790. The highest BCUT2D eigenvalue weighted by Crippen LogP contribution is 2.39. The molecule has 0 N–H and O–H groups in total. The maximum atomic E-state index is 13.9. The van der Waals surface area contributed by atoms with Crippen LogP contribution in [0.4, 0.5) is 13.2 Å². The number of rotatable bonds is 7. The normalized spacial score (nSPS) is 13.8. The molecule has 0 radical (unpaired) electrons. The number of carbonyl (C=O) groups excluding carboxylic acids is 3. The number of alkyl halides is 3. The zero-order chi connectivity index (χ0) is 30.3. The van der Waals surface area contributed by atoms with Crippen LogP contribution in [-0.2, 0) is 12.6 Å². The van der Waals surface area contributed by atoms with E-state index in [1.54, 1.807) is 19.1 Å². The summed E-state index contributed by atoms with van der Waals surface area (Å²) in [6, 6.07) is 13.2. The molecule has 1 atom stereocenters. The highest BCUT2D eigenvalue weighted by molar-refractivity contribution is 6.22. The molecule has 11 heteroatoms. The van der Waals surface area contributed by atoms with Crippen LogP contribution in [0.15, 0.2) is 69.9 Å². The number of fused-ring (bicyclic) bond motifs is 2. The van der Waals surface area contributed by atoms with E-state index in [4.69, 9.17) is 13.9 Å². The number of ether oxygens (including phenoxy) is 2. The molecule has 42 heavy (non-hydrogen) atoms. The van der Waals surface area contributed by atoms with Crippen molar-refractivity contribution in [3.63, 3.8) is 0 Å². The third-order valence-corrected chi connectivity index (χ3v) is 7.03. The van der Waals surface area contributed by atoms with Crippen molar-refractivity contribution in [1.82, 2.24) is 4.90 Å². The lowest BCUT2D eigenvalue weighted by atomic mass is 10.1. The van der Waals surface area contributed by atoms with Crippen LogP contribution < -0.4 is 14.9 Å². The lowest BCUT2D eigenvalue weighted by Gasteiger charge is -2.20. The van der Waals surface area contributed by atoms with Crippen molar-refractivity contribution in [2.75, 3.05) is 0 Å². The summed E-state index contributed by atoms with van der Waals surface area (Å²) in [6.07, 6.45) is -3.81. The summed E-state index contributed by atoms with van der Waals surface area (Å²) in [7, 11) is 0. The smallest absolute Gasteiger partial charge is 0.449 e. The van der Waals surface area contributed by atoms with Gasteiger partial charge < -0.3 is 13.9 Å². The van der Waals surface area contributed by atoms with Gasteiger partial charge in [-0.3, -0.25) is 19.3 Å². The van der Waals surface area contributed by atoms with Crippen LogP contribution in [0, 0.1) is 0 Å². The van der Waals surface area contributed by atoms with Crippen molar-refractivity contribution in [1.29, 1.82) is 0 Å². The lowest BCUT2D eigenvalue weighted by molar-refractivity contribution is -0.154. The van der Waals surface area contributed by atoms with Gasteiger partial charge in [0.25, 0.3) is 17.6 Å². The summed E-state index contributed by atoms with van der Waals surface area (Å²) in [5, 5.41) is -0.227. The number of halogens is 3. The van der Waals surface area contributed by atoms with Crippen molar-refractivity contribution in [3.05, 3.63) is 98.9 Å². The highest BCUT2D eigenvalue weighted by Gasteiger charge is 2.41. The van der Waals surface area contributed by atoms with Crippen LogP contribution in [0.3, 0.4) is 0 Å². The molecule has 5 rings (SSSR count). The largest absolute Gasteiger partial charge is 0.453 e. The minimum absolute atomic E-state index is 0.0247. The molecule has 0 bridgehead atoms. The molecule has 0 fully saturated rings. The van der Waals surface area contributed by atoms with E-state index in [-0.39, 0.29) is 39.6 Å². The van der Waals surface area contributed by atoms with Crippen molar-refractivity contribution < 1.29 is 41.4 Å². The first kappa shape index (κ1) is 28.6. The van der Waals surface area contributed by atoms with E-state index >= 15 is 0 Å². The molecular weight excluding hydrogens is 555 g/mol. The number of esters is 1. The maximum Gasteiger partial charge on any atom is 0.453 e. The Morgan fingerprint density at radius 2 is 1.57 bits per heavy atom. The number of aryl methyl sites for hydroxylation is 1. The van der Waals surface area contributed by atoms with Crippen LogP contribution in [0.1, 0.15) is 69.6 Å². The van der Waals surface area contributed by atoms with Gasteiger partial charge in [0.05, 0.1) is 22.1 Å². The zero-order valence-corrected chi connectivity index (χ0v) is 22.7. The van der Waals surface area contributed by atoms with Gasteiger partial charge in [-0.2, -0.15) is 13.2 Å². The molecule has 0 saturated carbocycles. The predicted molar refractivity (Wildman–Crippen MR) is 145 cm³/mol. The molecule has 1 aliphatic heterocycles. The Morgan fingerprint density at radius 3 is 2.21 bits per heavy atom. The van der Waals surface area contributed by atoms with E-state index in [1.807, 2.05) is 13.8 Å². The van der Waals surface area contributed by atoms with E-state index < -0.39 is 46.5 Å². The average Bonchev–Trinajstić information content (AvgIpc) is 3.22. The van der Waals surface area contributed by atoms with E-state index in [0.717, 1.165) is 22.6 Å².